The van der Waals surface area contributed by atoms with E-state index in [-0.39, 0.29) is 0 Å². The van der Waals surface area contributed by atoms with Crippen LogP contribution >= 0.6 is 0 Å². The molecule has 13 rings (SSSR count). The van der Waals surface area contributed by atoms with Crippen LogP contribution < -0.4 is 0 Å². The van der Waals surface area contributed by atoms with Crippen LogP contribution in [0.2, 0.25) is 0 Å². The van der Waals surface area contributed by atoms with Gasteiger partial charge in [0.2, 0.25) is 5.89 Å². The molecule has 0 fully saturated rings. The van der Waals surface area contributed by atoms with Gasteiger partial charge in [0.1, 0.15) is 11.3 Å². The second kappa shape index (κ2) is 11.4. The first-order valence-corrected chi connectivity index (χ1v) is 19.2. The molecule has 0 amide bonds. The van der Waals surface area contributed by atoms with Gasteiger partial charge >= 0.3 is 0 Å². The number of oxazole rings is 1. The summed E-state index contributed by atoms with van der Waals surface area (Å²) in [5.74, 6) is 2.17. The standard InChI is InChI=1S/C51H29N5O/c1-2-13-30(14-3-1)51-53-41-29-38-36-19-7-9-22-42(36)55-45-26-25-32(28-39(45)46(47(38)55)48(41)57-51)31-15-12-16-33(27-31)49-52-40-21-8-4-20-37(40)50(54-49)56-43-23-10-5-17-34(43)35-18-6-11-24-44(35)56/h1-29H. The minimum atomic E-state index is 0.623. The van der Waals surface area contributed by atoms with E-state index >= 15 is 0 Å². The van der Waals surface area contributed by atoms with Crippen molar-refractivity contribution in [2.24, 2.45) is 0 Å². The van der Waals surface area contributed by atoms with Gasteiger partial charge in [-0.25, -0.2) is 15.0 Å². The van der Waals surface area contributed by atoms with E-state index in [9.17, 15) is 0 Å². The first kappa shape index (κ1) is 30.5. The maximum Gasteiger partial charge on any atom is 0.227 e. The summed E-state index contributed by atoms with van der Waals surface area (Å²) in [5, 5.41) is 7.99. The Labute approximate surface area is 324 Å². The minimum absolute atomic E-state index is 0.623. The molecule has 0 N–H and O–H groups in total. The zero-order valence-electron chi connectivity index (χ0n) is 30.4. The first-order chi connectivity index (χ1) is 28.3. The maximum atomic E-state index is 6.68. The summed E-state index contributed by atoms with van der Waals surface area (Å²) in [6.07, 6.45) is 0. The predicted molar refractivity (Wildman–Crippen MR) is 232 cm³/mol. The van der Waals surface area contributed by atoms with Crippen LogP contribution in [0.4, 0.5) is 0 Å². The highest BCUT2D eigenvalue weighted by Gasteiger charge is 2.24. The van der Waals surface area contributed by atoms with Crippen LogP contribution in [0.15, 0.2) is 180 Å². The molecule has 0 aliphatic carbocycles. The Morgan fingerprint density at radius 1 is 0.386 bits per heavy atom. The molecule has 5 aromatic heterocycles. The van der Waals surface area contributed by atoms with Crippen molar-refractivity contribution in [2.45, 2.75) is 0 Å². The van der Waals surface area contributed by atoms with Crippen molar-refractivity contribution >= 4 is 81.9 Å². The van der Waals surface area contributed by atoms with Crippen LogP contribution in [0.1, 0.15) is 0 Å². The third kappa shape index (κ3) is 4.26. The Balaban J connectivity index is 1.02. The Kier molecular flexibility index (Phi) is 6.07. The van der Waals surface area contributed by atoms with Gasteiger partial charge in [-0.15, -0.1) is 0 Å². The molecule has 8 aromatic carbocycles. The lowest BCUT2D eigenvalue weighted by atomic mass is 9.99. The Hall–Kier alpha value is -7.83. The number of hydrogen-bond acceptors (Lipinski definition) is 4. The molecule has 57 heavy (non-hydrogen) atoms. The lowest BCUT2D eigenvalue weighted by Crippen LogP contribution is -2.02. The molecule has 264 valence electrons. The fourth-order valence-corrected chi connectivity index (χ4v) is 9.17. The van der Waals surface area contributed by atoms with Crippen molar-refractivity contribution in [3.05, 3.63) is 176 Å². The summed E-state index contributed by atoms with van der Waals surface area (Å²) in [7, 11) is 0. The summed E-state index contributed by atoms with van der Waals surface area (Å²) in [6.45, 7) is 0. The van der Waals surface area contributed by atoms with E-state index in [0.29, 0.717) is 11.7 Å². The van der Waals surface area contributed by atoms with Crippen molar-refractivity contribution < 1.29 is 4.42 Å². The lowest BCUT2D eigenvalue weighted by Gasteiger charge is -2.13. The molecule has 6 heteroatoms. The van der Waals surface area contributed by atoms with Gasteiger partial charge in [-0.05, 0) is 77.9 Å². The van der Waals surface area contributed by atoms with Gasteiger partial charge in [-0.1, -0.05) is 109 Å². The molecule has 0 saturated carbocycles. The van der Waals surface area contributed by atoms with Gasteiger partial charge in [-0.3, -0.25) is 4.57 Å². The van der Waals surface area contributed by atoms with Crippen LogP contribution in [-0.2, 0) is 0 Å². The first-order valence-electron chi connectivity index (χ1n) is 19.2. The molecule has 0 aliphatic rings. The van der Waals surface area contributed by atoms with E-state index in [1.165, 1.54) is 27.1 Å². The highest BCUT2D eigenvalue weighted by atomic mass is 16.3. The zero-order valence-corrected chi connectivity index (χ0v) is 30.4. The van der Waals surface area contributed by atoms with Crippen molar-refractivity contribution in [1.29, 1.82) is 0 Å². The molecule has 0 bridgehead atoms. The Morgan fingerprint density at radius 2 is 1.00 bits per heavy atom. The number of nitrogens with zero attached hydrogens (tertiary/aromatic N) is 5. The zero-order chi connectivity index (χ0) is 37.2. The SMILES string of the molecule is c1ccc(-c2nc3cc4c5ccccc5n5c6ccc(-c7cccc(-c8nc(-n9c%10ccccc%10c%10ccccc%109)c9ccccc9n8)c7)cc6c(c3o2)c45)cc1. The van der Waals surface area contributed by atoms with Crippen molar-refractivity contribution in [3.63, 3.8) is 0 Å². The maximum absolute atomic E-state index is 6.68. The van der Waals surface area contributed by atoms with Crippen LogP contribution in [0.3, 0.4) is 0 Å². The highest BCUT2D eigenvalue weighted by Crippen LogP contribution is 2.45. The monoisotopic (exact) mass is 727 g/mol. The van der Waals surface area contributed by atoms with Crippen LogP contribution in [0, 0.1) is 0 Å². The molecular formula is C51H29N5O. The predicted octanol–water partition coefficient (Wildman–Crippen LogP) is 13.0. The van der Waals surface area contributed by atoms with E-state index in [2.05, 4.69) is 148 Å². The smallest absolute Gasteiger partial charge is 0.227 e. The van der Waals surface area contributed by atoms with Crippen LogP contribution in [-0.4, -0.2) is 23.9 Å². The number of benzene rings is 8. The third-order valence-electron chi connectivity index (χ3n) is 11.7. The lowest BCUT2D eigenvalue weighted by molar-refractivity contribution is 0.623. The summed E-state index contributed by atoms with van der Waals surface area (Å²) >= 11 is 0. The topological polar surface area (TPSA) is 61.2 Å². The molecule has 6 nitrogen and oxygen atoms in total. The van der Waals surface area contributed by atoms with Crippen LogP contribution in [0.25, 0.3) is 122 Å². The Morgan fingerprint density at radius 3 is 1.79 bits per heavy atom. The van der Waals surface area contributed by atoms with E-state index < -0.39 is 0 Å². The average molecular weight is 728 g/mol. The summed E-state index contributed by atoms with van der Waals surface area (Å²) < 4.78 is 11.4. The molecule has 0 unspecified atom stereocenters. The van der Waals surface area contributed by atoms with E-state index in [4.69, 9.17) is 19.4 Å². The quantitative estimate of drug-likeness (QED) is 0.181. The molecule has 0 radical (unpaired) electrons. The van der Waals surface area contributed by atoms with Crippen LogP contribution in [0.5, 0.6) is 0 Å². The molecule has 0 spiro atoms. The molecule has 0 atom stereocenters. The van der Waals surface area contributed by atoms with Crippen molar-refractivity contribution in [3.8, 4) is 39.8 Å². The molecular weight excluding hydrogens is 699 g/mol. The third-order valence-corrected chi connectivity index (χ3v) is 11.7. The van der Waals surface area contributed by atoms with E-state index in [1.807, 2.05) is 36.4 Å². The largest absolute Gasteiger partial charge is 0.435 e. The number of hydrogen-bond donors (Lipinski definition) is 0. The van der Waals surface area contributed by atoms with Gasteiger partial charge in [0.25, 0.3) is 0 Å². The Bertz CT molecular complexity index is 3710. The fourth-order valence-electron chi connectivity index (χ4n) is 9.17. The summed E-state index contributed by atoms with van der Waals surface area (Å²) in [6, 6.07) is 61.8. The second-order valence-corrected chi connectivity index (χ2v) is 14.8. The summed E-state index contributed by atoms with van der Waals surface area (Å²) in [5.41, 5.74) is 12.3. The molecule has 13 aromatic rings. The van der Waals surface area contributed by atoms with Gasteiger partial charge in [-0.2, -0.15) is 0 Å². The fraction of sp³-hybridized carbons (Fsp3) is 0. The highest BCUT2D eigenvalue weighted by molar-refractivity contribution is 6.30. The number of aromatic nitrogens is 5. The molecule has 0 aliphatic heterocycles. The van der Waals surface area contributed by atoms with E-state index in [0.717, 1.165) is 82.9 Å². The van der Waals surface area contributed by atoms with Crippen molar-refractivity contribution in [2.75, 3.05) is 0 Å². The second-order valence-electron chi connectivity index (χ2n) is 14.8. The molecule has 0 saturated heterocycles. The number of para-hydroxylation sites is 4. The van der Waals surface area contributed by atoms with E-state index in [1.54, 1.807) is 0 Å². The number of rotatable bonds is 4. The number of fused-ring (bicyclic) bond motifs is 12. The van der Waals surface area contributed by atoms with Gasteiger partial charge in [0.05, 0.1) is 38.5 Å². The molecule has 5 heterocycles. The van der Waals surface area contributed by atoms with Gasteiger partial charge < -0.3 is 8.82 Å². The normalized spacial score (nSPS) is 12.2. The minimum Gasteiger partial charge on any atom is -0.435 e. The summed E-state index contributed by atoms with van der Waals surface area (Å²) in [4.78, 5) is 15.6. The van der Waals surface area contributed by atoms with Gasteiger partial charge in [0.15, 0.2) is 11.4 Å². The van der Waals surface area contributed by atoms with Gasteiger partial charge in [0, 0.05) is 43.4 Å². The average Bonchev–Trinajstić information content (AvgIpc) is 4.03. The van der Waals surface area contributed by atoms with Crippen molar-refractivity contribution in [1.82, 2.24) is 23.9 Å².